The molecule has 2 heterocycles. The molecule has 54 heavy (non-hydrogen) atoms. The number of carbonyl (C=O) groups excluding carboxylic acids is 5. The molecular weight excluding hydrogens is 683 g/mol. The van der Waals surface area contributed by atoms with E-state index in [9.17, 15) is 24.0 Å². The van der Waals surface area contributed by atoms with Gasteiger partial charge in [0.15, 0.2) is 5.78 Å². The minimum atomic E-state index is -0.995. The summed E-state index contributed by atoms with van der Waals surface area (Å²) in [5.74, 6) is -1.29. The van der Waals surface area contributed by atoms with Gasteiger partial charge in [-0.25, -0.2) is 4.79 Å². The number of piperidine rings is 1. The van der Waals surface area contributed by atoms with Crippen molar-refractivity contribution in [2.24, 2.45) is 17.8 Å². The van der Waals surface area contributed by atoms with E-state index >= 15 is 0 Å². The standard InChI is InChI=1S/C43H55N5O6/c1-28(2)24-35(38(49)43(5)27-54-43)45-41(52)37(26-30-12-8-6-9-13-30)46-40(51)36(25-29(3)4)47-42(53)48-22-20-33(21-23-48)39(50)44-34-18-16-32(17-19-34)31-14-10-7-11-15-31/h6-19,28-29,33,35-37H,20-27H2,1-5H3,(H,44,50)(H,45,52)(H,46,51)(H,47,53)/t35-,36-,37-,43+/m0/s1. The van der Waals surface area contributed by atoms with Gasteiger partial charge in [-0.15, -0.1) is 0 Å². The Morgan fingerprint density at radius 2 is 1.22 bits per heavy atom. The van der Waals surface area contributed by atoms with Crippen LogP contribution in [0, 0.1) is 17.8 Å². The Hall–Kier alpha value is -5.03. The number of hydrogen-bond acceptors (Lipinski definition) is 6. The monoisotopic (exact) mass is 737 g/mol. The van der Waals surface area contributed by atoms with Crippen molar-refractivity contribution < 1.29 is 28.7 Å². The average Bonchev–Trinajstić information content (AvgIpc) is 3.92. The Morgan fingerprint density at radius 3 is 1.80 bits per heavy atom. The number of ether oxygens (including phenoxy) is 1. The second-order valence-electron chi connectivity index (χ2n) is 15.7. The van der Waals surface area contributed by atoms with Gasteiger partial charge in [0.1, 0.15) is 17.7 Å². The van der Waals surface area contributed by atoms with Gasteiger partial charge in [0, 0.05) is 31.1 Å². The van der Waals surface area contributed by atoms with Crippen molar-refractivity contribution in [1.82, 2.24) is 20.9 Å². The first-order chi connectivity index (χ1) is 25.8. The van der Waals surface area contributed by atoms with Gasteiger partial charge >= 0.3 is 6.03 Å². The van der Waals surface area contributed by atoms with Crippen LogP contribution < -0.4 is 21.3 Å². The highest BCUT2D eigenvalue weighted by Gasteiger charge is 2.50. The maximum Gasteiger partial charge on any atom is 0.318 e. The first-order valence-electron chi connectivity index (χ1n) is 19.2. The fourth-order valence-corrected chi connectivity index (χ4v) is 6.83. The van der Waals surface area contributed by atoms with Gasteiger partial charge < -0.3 is 30.9 Å². The summed E-state index contributed by atoms with van der Waals surface area (Å²) in [4.78, 5) is 69.4. The van der Waals surface area contributed by atoms with E-state index in [1.807, 2.05) is 113 Å². The van der Waals surface area contributed by atoms with Crippen LogP contribution in [0.15, 0.2) is 84.9 Å². The third kappa shape index (κ3) is 11.2. The molecule has 0 spiro atoms. The van der Waals surface area contributed by atoms with Crippen LogP contribution in [-0.4, -0.2) is 77.9 Å². The molecule has 11 heteroatoms. The van der Waals surface area contributed by atoms with Crippen LogP contribution in [0.2, 0.25) is 0 Å². The van der Waals surface area contributed by atoms with Crippen LogP contribution in [-0.2, 0) is 30.3 Å². The molecule has 5 amide bonds. The number of Topliss-reactive ketones (excluding diaryl/α,β-unsaturated/α-hetero) is 1. The minimum Gasteiger partial charge on any atom is -0.361 e. The topological polar surface area (TPSA) is 149 Å². The predicted molar refractivity (Wildman–Crippen MR) is 209 cm³/mol. The highest BCUT2D eigenvalue weighted by molar-refractivity contribution is 5.98. The quantitative estimate of drug-likeness (QED) is 0.138. The van der Waals surface area contributed by atoms with Crippen LogP contribution in [0.4, 0.5) is 10.5 Å². The molecule has 0 aliphatic carbocycles. The third-order valence-corrected chi connectivity index (χ3v) is 10.1. The summed E-state index contributed by atoms with van der Waals surface area (Å²) < 4.78 is 5.40. The van der Waals surface area contributed by atoms with Gasteiger partial charge in [-0.2, -0.15) is 0 Å². The fourth-order valence-electron chi connectivity index (χ4n) is 6.83. The zero-order chi connectivity index (χ0) is 38.8. The highest BCUT2D eigenvalue weighted by Crippen LogP contribution is 2.30. The van der Waals surface area contributed by atoms with Crippen molar-refractivity contribution in [2.45, 2.75) is 90.4 Å². The van der Waals surface area contributed by atoms with Crippen LogP contribution in [0.3, 0.4) is 0 Å². The maximum atomic E-state index is 13.9. The van der Waals surface area contributed by atoms with Crippen LogP contribution in [0.1, 0.15) is 65.9 Å². The number of benzene rings is 3. The van der Waals surface area contributed by atoms with E-state index in [0.717, 1.165) is 22.4 Å². The summed E-state index contributed by atoms with van der Waals surface area (Å²) in [6.07, 6.45) is 1.96. The van der Waals surface area contributed by atoms with Crippen molar-refractivity contribution in [2.75, 3.05) is 25.0 Å². The normalized spacial score (nSPS) is 18.7. The molecule has 5 rings (SSSR count). The smallest absolute Gasteiger partial charge is 0.318 e. The van der Waals surface area contributed by atoms with Crippen LogP contribution in [0.25, 0.3) is 11.1 Å². The van der Waals surface area contributed by atoms with E-state index in [0.29, 0.717) is 45.4 Å². The van der Waals surface area contributed by atoms with E-state index in [4.69, 9.17) is 4.74 Å². The first kappa shape index (κ1) is 40.2. The highest BCUT2D eigenvalue weighted by atomic mass is 16.6. The SMILES string of the molecule is CC(C)C[C@H](NC(=O)N1CCC(C(=O)Nc2ccc(-c3ccccc3)cc2)CC1)C(=O)N[C@@H](Cc1ccccc1)C(=O)N[C@@H](CC(C)C)C(=O)[C@@]1(C)CO1. The lowest BCUT2D eigenvalue weighted by Gasteiger charge is -2.33. The van der Waals surface area contributed by atoms with E-state index in [-0.39, 0.29) is 35.9 Å². The largest absolute Gasteiger partial charge is 0.361 e. The second kappa shape index (κ2) is 18.3. The van der Waals surface area contributed by atoms with Crippen molar-refractivity contribution in [3.05, 3.63) is 90.5 Å². The average molecular weight is 738 g/mol. The van der Waals surface area contributed by atoms with Gasteiger partial charge in [-0.05, 0) is 73.3 Å². The number of nitrogens with zero attached hydrogens (tertiary/aromatic N) is 1. The lowest BCUT2D eigenvalue weighted by molar-refractivity contribution is -0.133. The zero-order valence-corrected chi connectivity index (χ0v) is 32.1. The Labute approximate surface area is 319 Å². The maximum absolute atomic E-state index is 13.9. The summed E-state index contributed by atoms with van der Waals surface area (Å²) in [7, 11) is 0. The van der Waals surface area contributed by atoms with E-state index in [1.165, 1.54) is 0 Å². The number of ketones is 1. The summed E-state index contributed by atoms with van der Waals surface area (Å²) in [5.41, 5.74) is 2.81. The molecule has 0 radical (unpaired) electrons. The number of rotatable bonds is 16. The van der Waals surface area contributed by atoms with E-state index in [1.54, 1.807) is 11.8 Å². The molecule has 0 aromatic heterocycles. The molecule has 3 aromatic rings. The summed E-state index contributed by atoms with van der Waals surface area (Å²) in [6, 6.07) is 24.1. The number of hydrogen-bond donors (Lipinski definition) is 4. The Bertz CT molecular complexity index is 1730. The Kier molecular flexibility index (Phi) is 13.6. The minimum absolute atomic E-state index is 0.0611. The molecule has 11 nitrogen and oxygen atoms in total. The second-order valence-corrected chi connectivity index (χ2v) is 15.7. The zero-order valence-electron chi connectivity index (χ0n) is 32.1. The van der Waals surface area contributed by atoms with Gasteiger partial charge in [-0.1, -0.05) is 100 Å². The molecule has 0 saturated carbocycles. The predicted octanol–water partition coefficient (Wildman–Crippen LogP) is 5.74. The number of anilines is 1. The molecule has 2 aliphatic rings. The van der Waals surface area contributed by atoms with Crippen molar-refractivity contribution in [3.63, 3.8) is 0 Å². The number of likely N-dealkylation sites (tertiary alicyclic amines) is 1. The van der Waals surface area contributed by atoms with Crippen molar-refractivity contribution >= 4 is 35.2 Å². The van der Waals surface area contributed by atoms with Gasteiger partial charge in [0.25, 0.3) is 0 Å². The fraction of sp³-hybridized carbons (Fsp3) is 0.465. The first-order valence-corrected chi connectivity index (χ1v) is 19.2. The number of amides is 5. The van der Waals surface area contributed by atoms with Gasteiger partial charge in [0.05, 0.1) is 12.6 Å². The number of carbonyl (C=O) groups is 5. The van der Waals surface area contributed by atoms with Crippen LogP contribution >= 0.6 is 0 Å². The molecule has 2 fully saturated rings. The molecule has 2 saturated heterocycles. The molecule has 0 unspecified atom stereocenters. The number of nitrogens with one attached hydrogen (secondary N) is 4. The van der Waals surface area contributed by atoms with Crippen molar-refractivity contribution in [1.29, 1.82) is 0 Å². The molecule has 4 N–H and O–H groups in total. The molecule has 0 bridgehead atoms. The van der Waals surface area contributed by atoms with Crippen LogP contribution in [0.5, 0.6) is 0 Å². The summed E-state index contributed by atoms with van der Waals surface area (Å²) >= 11 is 0. The van der Waals surface area contributed by atoms with E-state index < -0.39 is 41.6 Å². The number of epoxide rings is 1. The van der Waals surface area contributed by atoms with E-state index in [2.05, 4.69) is 21.3 Å². The third-order valence-electron chi connectivity index (χ3n) is 10.1. The molecule has 2 aliphatic heterocycles. The van der Waals surface area contributed by atoms with Gasteiger partial charge in [-0.3, -0.25) is 19.2 Å². The summed E-state index contributed by atoms with van der Waals surface area (Å²) in [6.45, 7) is 10.6. The molecule has 288 valence electrons. The lowest BCUT2D eigenvalue weighted by Crippen LogP contribution is -2.58. The Balaban J connectivity index is 1.19. The van der Waals surface area contributed by atoms with Gasteiger partial charge in [0.2, 0.25) is 17.7 Å². The van der Waals surface area contributed by atoms with Crippen molar-refractivity contribution in [3.8, 4) is 11.1 Å². The number of urea groups is 1. The molecular formula is C43H55N5O6. The molecule has 4 atom stereocenters. The molecule has 3 aromatic carbocycles. The lowest BCUT2D eigenvalue weighted by atomic mass is 9.93. The Morgan fingerprint density at radius 1 is 0.704 bits per heavy atom. The summed E-state index contributed by atoms with van der Waals surface area (Å²) in [5, 5.41) is 11.8.